The summed E-state index contributed by atoms with van der Waals surface area (Å²) in [6.45, 7) is 3.11. The molecule has 1 aromatic rings. The molecule has 7 nitrogen and oxygen atoms in total. The molecule has 0 radical (unpaired) electrons. The van der Waals surface area contributed by atoms with Gasteiger partial charge in [0.05, 0.1) is 30.3 Å². The molecule has 1 aliphatic heterocycles. The molecule has 2 atom stereocenters. The van der Waals surface area contributed by atoms with Gasteiger partial charge in [0, 0.05) is 13.1 Å². The Kier molecular flexibility index (Phi) is 4.12. The van der Waals surface area contributed by atoms with Crippen molar-refractivity contribution in [2.24, 2.45) is 5.14 Å². The average molecular weight is 288 g/mol. The van der Waals surface area contributed by atoms with Crippen molar-refractivity contribution in [3.05, 3.63) is 11.9 Å². The van der Waals surface area contributed by atoms with Crippen molar-refractivity contribution in [2.45, 2.75) is 37.6 Å². The fourth-order valence-corrected chi connectivity index (χ4v) is 3.28. The van der Waals surface area contributed by atoms with Crippen LogP contribution in [-0.2, 0) is 16.6 Å². The Labute approximate surface area is 113 Å². The standard InChI is InChI=1S/C11H20N4O3S/c1-3-15-11(10(18-2)7-14-15)9-5-4-8(6-13-9)19(12,16)17/h7-9,13H,3-6H2,1-2H3,(H2,12,16,17). The number of nitrogens with one attached hydrogen (secondary N) is 1. The first-order valence-electron chi connectivity index (χ1n) is 6.32. The zero-order valence-electron chi connectivity index (χ0n) is 11.2. The minimum atomic E-state index is -3.47. The second kappa shape index (κ2) is 5.48. The first kappa shape index (κ1) is 14.3. The third-order valence-electron chi connectivity index (χ3n) is 3.53. The number of nitrogens with two attached hydrogens (primary N) is 1. The Morgan fingerprint density at radius 2 is 2.32 bits per heavy atom. The van der Waals surface area contributed by atoms with Gasteiger partial charge < -0.3 is 10.1 Å². The lowest BCUT2D eigenvalue weighted by molar-refractivity contribution is 0.357. The average Bonchev–Trinajstić information content (AvgIpc) is 2.80. The summed E-state index contributed by atoms with van der Waals surface area (Å²) >= 11 is 0. The summed E-state index contributed by atoms with van der Waals surface area (Å²) in [5.41, 5.74) is 0.970. The molecule has 19 heavy (non-hydrogen) atoms. The molecule has 0 amide bonds. The summed E-state index contributed by atoms with van der Waals surface area (Å²) in [6.07, 6.45) is 2.93. The first-order valence-corrected chi connectivity index (χ1v) is 7.93. The highest BCUT2D eigenvalue weighted by atomic mass is 32.2. The predicted octanol–water partition coefficient (Wildman–Crippen LogP) is -0.00680. The van der Waals surface area contributed by atoms with E-state index in [1.54, 1.807) is 13.3 Å². The molecular weight excluding hydrogens is 268 g/mol. The van der Waals surface area contributed by atoms with Crippen LogP contribution < -0.4 is 15.2 Å². The van der Waals surface area contributed by atoms with Crippen LogP contribution in [0.4, 0.5) is 0 Å². The minimum Gasteiger partial charge on any atom is -0.493 e. The van der Waals surface area contributed by atoms with E-state index in [1.807, 2.05) is 11.6 Å². The number of sulfonamides is 1. The van der Waals surface area contributed by atoms with Gasteiger partial charge in [-0.1, -0.05) is 0 Å². The molecule has 0 bridgehead atoms. The number of nitrogens with zero attached hydrogens (tertiary/aromatic N) is 2. The number of ether oxygens (including phenoxy) is 1. The van der Waals surface area contributed by atoms with Crippen LogP contribution in [-0.4, -0.2) is 37.1 Å². The lowest BCUT2D eigenvalue weighted by Gasteiger charge is -2.29. The van der Waals surface area contributed by atoms with Gasteiger partial charge in [-0.3, -0.25) is 4.68 Å². The molecule has 1 aliphatic rings. The Hall–Kier alpha value is -1.12. The smallest absolute Gasteiger partial charge is 0.213 e. The molecule has 0 saturated carbocycles. The molecule has 3 N–H and O–H groups in total. The van der Waals surface area contributed by atoms with Crippen molar-refractivity contribution >= 4 is 10.0 Å². The number of aromatic nitrogens is 2. The number of piperidine rings is 1. The molecule has 1 aromatic heterocycles. The van der Waals surface area contributed by atoms with Gasteiger partial charge in [-0.25, -0.2) is 13.6 Å². The van der Waals surface area contributed by atoms with Crippen LogP contribution in [0.1, 0.15) is 31.5 Å². The van der Waals surface area contributed by atoms with Crippen molar-refractivity contribution in [3.8, 4) is 5.75 Å². The molecule has 0 spiro atoms. The fourth-order valence-electron chi connectivity index (χ4n) is 2.48. The Morgan fingerprint density at radius 1 is 1.58 bits per heavy atom. The number of rotatable bonds is 4. The quantitative estimate of drug-likeness (QED) is 0.812. The van der Waals surface area contributed by atoms with Crippen molar-refractivity contribution in [1.82, 2.24) is 15.1 Å². The molecule has 1 saturated heterocycles. The third-order valence-corrected chi connectivity index (χ3v) is 4.86. The number of primary sulfonamides is 1. The zero-order valence-corrected chi connectivity index (χ0v) is 12.0. The second-order valence-corrected chi connectivity index (χ2v) is 6.51. The zero-order chi connectivity index (χ0) is 14.0. The Balaban J connectivity index is 2.15. The number of aryl methyl sites for hydroxylation is 1. The fraction of sp³-hybridized carbons (Fsp3) is 0.727. The minimum absolute atomic E-state index is 0.0513. The highest BCUT2D eigenvalue weighted by molar-refractivity contribution is 7.89. The van der Waals surface area contributed by atoms with E-state index in [0.717, 1.165) is 18.0 Å². The summed E-state index contributed by atoms with van der Waals surface area (Å²) in [6, 6.07) is 0.0513. The molecular formula is C11H20N4O3S. The maximum absolute atomic E-state index is 11.3. The Morgan fingerprint density at radius 3 is 2.79 bits per heavy atom. The summed E-state index contributed by atoms with van der Waals surface area (Å²) in [5, 5.41) is 12.2. The van der Waals surface area contributed by atoms with E-state index in [2.05, 4.69) is 10.4 Å². The molecule has 2 rings (SSSR count). The molecule has 1 fully saturated rings. The van der Waals surface area contributed by atoms with E-state index in [0.29, 0.717) is 19.4 Å². The monoisotopic (exact) mass is 288 g/mol. The molecule has 0 aliphatic carbocycles. The van der Waals surface area contributed by atoms with Gasteiger partial charge in [-0.05, 0) is 19.8 Å². The van der Waals surface area contributed by atoms with E-state index in [4.69, 9.17) is 9.88 Å². The maximum atomic E-state index is 11.3. The van der Waals surface area contributed by atoms with E-state index in [-0.39, 0.29) is 6.04 Å². The van der Waals surface area contributed by atoms with Crippen molar-refractivity contribution < 1.29 is 13.2 Å². The van der Waals surface area contributed by atoms with Crippen LogP contribution in [0.5, 0.6) is 5.75 Å². The van der Waals surface area contributed by atoms with Crippen LogP contribution in [0.15, 0.2) is 6.20 Å². The topological polar surface area (TPSA) is 99.2 Å². The lowest BCUT2D eigenvalue weighted by Crippen LogP contribution is -2.43. The van der Waals surface area contributed by atoms with Crippen LogP contribution in [0.2, 0.25) is 0 Å². The van der Waals surface area contributed by atoms with Gasteiger partial charge in [0.15, 0.2) is 5.75 Å². The van der Waals surface area contributed by atoms with Crippen LogP contribution in [0.25, 0.3) is 0 Å². The summed E-state index contributed by atoms with van der Waals surface area (Å²) in [7, 11) is -1.86. The van der Waals surface area contributed by atoms with E-state index < -0.39 is 15.3 Å². The van der Waals surface area contributed by atoms with Gasteiger partial charge in [0.2, 0.25) is 10.0 Å². The van der Waals surface area contributed by atoms with Gasteiger partial charge in [-0.2, -0.15) is 5.10 Å². The van der Waals surface area contributed by atoms with Crippen LogP contribution in [0.3, 0.4) is 0 Å². The highest BCUT2D eigenvalue weighted by Gasteiger charge is 2.31. The SMILES string of the molecule is CCn1ncc(OC)c1C1CCC(S(N)(=O)=O)CN1. The molecule has 108 valence electrons. The highest BCUT2D eigenvalue weighted by Crippen LogP contribution is 2.31. The third kappa shape index (κ3) is 2.90. The normalized spacial score (nSPS) is 24.4. The van der Waals surface area contributed by atoms with Gasteiger partial charge >= 0.3 is 0 Å². The molecule has 2 unspecified atom stereocenters. The largest absolute Gasteiger partial charge is 0.493 e. The van der Waals surface area contributed by atoms with Gasteiger partial charge in [0.25, 0.3) is 0 Å². The van der Waals surface area contributed by atoms with Gasteiger partial charge in [0.1, 0.15) is 0 Å². The predicted molar refractivity (Wildman–Crippen MR) is 71.3 cm³/mol. The summed E-state index contributed by atoms with van der Waals surface area (Å²) in [4.78, 5) is 0. The maximum Gasteiger partial charge on any atom is 0.213 e. The molecule has 0 aromatic carbocycles. The Bertz CT molecular complexity index is 511. The molecule has 2 heterocycles. The molecule has 8 heteroatoms. The van der Waals surface area contributed by atoms with E-state index >= 15 is 0 Å². The summed E-state index contributed by atoms with van der Waals surface area (Å²) in [5.74, 6) is 0.730. The van der Waals surface area contributed by atoms with Gasteiger partial charge in [-0.15, -0.1) is 0 Å². The van der Waals surface area contributed by atoms with E-state index in [9.17, 15) is 8.42 Å². The first-order chi connectivity index (χ1) is 8.97. The van der Waals surface area contributed by atoms with E-state index in [1.165, 1.54) is 0 Å². The number of methoxy groups -OCH3 is 1. The number of hydrogen-bond donors (Lipinski definition) is 2. The van der Waals surface area contributed by atoms with Crippen molar-refractivity contribution in [1.29, 1.82) is 0 Å². The second-order valence-electron chi connectivity index (χ2n) is 4.66. The van der Waals surface area contributed by atoms with Crippen molar-refractivity contribution in [3.63, 3.8) is 0 Å². The van der Waals surface area contributed by atoms with Crippen molar-refractivity contribution in [2.75, 3.05) is 13.7 Å². The summed E-state index contributed by atoms with van der Waals surface area (Å²) < 4.78 is 29.8. The van der Waals surface area contributed by atoms with Crippen LogP contribution >= 0.6 is 0 Å². The lowest BCUT2D eigenvalue weighted by atomic mass is 10.0. The van der Waals surface area contributed by atoms with Crippen LogP contribution in [0, 0.1) is 0 Å². The number of hydrogen-bond acceptors (Lipinski definition) is 5.